The number of allylic oxidation sites excluding steroid dienone is 4. The number of halogens is 6. The van der Waals surface area contributed by atoms with E-state index in [0.29, 0.717) is 0 Å². The van der Waals surface area contributed by atoms with Crippen molar-refractivity contribution in [2.24, 2.45) is 11.5 Å². The van der Waals surface area contributed by atoms with E-state index in [1.807, 2.05) is 6.07 Å². The van der Waals surface area contributed by atoms with E-state index in [1.54, 1.807) is 18.2 Å². The number of hydrogen-bond acceptors (Lipinski definition) is 38. The number of rotatable bonds is 20. The van der Waals surface area contributed by atoms with Gasteiger partial charge >= 0.3 is 106 Å². The van der Waals surface area contributed by atoms with Crippen molar-refractivity contribution < 1.29 is 103 Å². The Morgan fingerprint density at radius 3 is 0.938 bits per heavy atom. The third-order valence-corrected chi connectivity index (χ3v) is 13.9. The number of carboxylic acids is 1. The van der Waals surface area contributed by atoms with Gasteiger partial charge in [-0.15, -0.1) is 0 Å². The number of nitrogens with two attached hydrogens (primary N) is 2. The van der Waals surface area contributed by atoms with Crippen LogP contribution in [0.2, 0.25) is 0 Å². The van der Waals surface area contributed by atoms with Crippen LogP contribution in [0.25, 0.3) is 44.5 Å². The molecular weight excluding hydrogens is 1650 g/mol. The van der Waals surface area contributed by atoms with Gasteiger partial charge in [-0.2, -0.15) is 21.0 Å². The van der Waals surface area contributed by atoms with Gasteiger partial charge in [-0.3, -0.25) is 60.4 Å². The van der Waals surface area contributed by atoms with E-state index in [4.69, 9.17) is 103 Å². The number of aromatic hydroxyl groups is 4. The first-order valence-corrected chi connectivity index (χ1v) is 36.2. The van der Waals surface area contributed by atoms with Crippen LogP contribution in [-0.4, -0.2) is 164 Å². The first-order valence-electron chi connectivity index (χ1n) is 29.1. The molecule has 586 valence electrons. The fourth-order valence-corrected chi connectivity index (χ4v) is 8.58. The maximum absolute atomic E-state index is 11.4. The van der Waals surface area contributed by atoms with Gasteiger partial charge in [-0.25, -0.2) is 39.1 Å². The number of nitriles is 4. The van der Waals surface area contributed by atoms with Crippen molar-refractivity contribution in [3.8, 4) is 70.3 Å². The summed E-state index contributed by atoms with van der Waals surface area (Å²) < 4.78 is 30.0. The molecule has 0 saturated heterocycles. The molecule has 0 radical (unpaired) electrons. The van der Waals surface area contributed by atoms with E-state index in [1.165, 1.54) is 68.1 Å². The van der Waals surface area contributed by atoms with Crippen molar-refractivity contribution in [3.05, 3.63) is 206 Å². The fourth-order valence-electron chi connectivity index (χ4n) is 8.33. The molecule has 4 heterocycles. The average molecular weight is 1700 g/mol. The predicted octanol–water partition coefficient (Wildman–Crippen LogP) is 11.0. The maximum atomic E-state index is 11.4. The van der Waals surface area contributed by atoms with E-state index >= 15 is 0 Å². The van der Waals surface area contributed by atoms with Gasteiger partial charge in [0, 0.05) is 46.5 Å². The Hall–Kier alpha value is -14.4. The molecule has 0 fully saturated rings. The molecule has 0 bridgehead atoms. The van der Waals surface area contributed by atoms with Crippen molar-refractivity contribution in [1.29, 1.82) is 21.0 Å². The van der Waals surface area contributed by atoms with Crippen LogP contribution in [0.3, 0.4) is 0 Å². The monoisotopic (exact) mass is 1700 g/mol. The van der Waals surface area contributed by atoms with E-state index in [9.17, 15) is 106 Å². The minimum atomic E-state index is -3.69. The molecule has 0 amide bonds. The zero-order chi connectivity index (χ0) is 85.3. The zero-order valence-corrected chi connectivity index (χ0v) is 63.1. The zero-order valence-electron chi connectivity index (χ0n) is 57.7. The quantitative estimate of drug-likeness (QED) is 0.00513. The first-order chi connectivity index (χ1) is 53.0. The Bertz CT molecular complexity index is 5220. The summed E-state index contributed by atoms with van der Waals surface area (Å²) in [6.07, 6.45) is 8.55. The topological polar surface area (TPSA) is 677 Å². The number of benzene rings is 4. The van der Waals surface area contributed by atoms with Crippen molar-refractivity contribution >= 4 is 162 Å². The summed E-state index contributed by atoms with van der Waals surface area (Å²) in [6, 6.07) is 15.7. The van der Waals surface area contributed by atoms with E-state index in [0.717, 1.165) is 79.8 Å². The van der Waals surface area contributed by atoms with Gasteiger partial charge in [0.2, 0.25) is 23.0 Å². The van der Waals surface area contributed by atoms with Crippen LogP contribution in [0.5, 0.6) is 46.0 Å². The molecule has 8 aromatic rings. The minimum Gasteiger partial charge on any atom is -0.504 e. The number of nitro benzene ring substituents is 4. The maximum Gasteiger partial charge on any atom is 0.356 e. The molecule has 113 heavy (non-hydrogen) atoms. The number of carbonyl (C=O) groups is 4. The predicted molar refractivity (Wildman–Crippen MR) is 397 cm³/mol. The summed E-state index contributed by atoms with van der Waals surface area (Å²) >= 11 is 31.2. The third-order valence-electron chi connectivity index (χ3n) is 13.5. The second kappa shape index (κ2) is 40.1. The van der Waals surface area contributed by atoms with Crippen LogP contribution in [0, 0.1) is 85.8 Å². The van der Waals surface area contributed by atoms with Gasteiger partial charge < -0.3 is 75.3 Å². The Kier molecular flexibility index (Phi) is 32.3. The van der Waals surface area contributed by atoms with Crippen LogP contribution in [0.15, 0.2) is 98.1 Å². The van der Waals surface area contributed by atoms with Gasteiger partial charge in [0.15, 0.2) is 45.8 Å². The molecule has 8 rings (SSSR count). The standard InChI is InChI=1S/C17H13ClN4O6.C17H14N4O7.C15H11N5O6.C14H9N5O6.Cl5P/c1-26-14-5-9(4-13(22(24)25)16(14)27-2)15(18)10(6-19)11-7-21-12(8-20-11)17(23)28-3;1-26-14-5-9(4-13(21(24)25)16(14)27-2)15(22)10(6-18)11-7-20-12(8-19-11)17(23)28-3;1-26-15(23)10-6-18-9(5-19-10)8(4-16)13(17)7-2-11(20(24)25)14(22)12(21)3-7;15-3-7(8-4-18-9(5-17-8)14(22)23)12(16)6-1-10(19(24)25)13(21)11(20)2-6;1-6(2,3,4)5/h4-5,7-8H,1-3H3;4-5,7-8,22H,1-3H3;2-3,5-6,21-22H,17H2,1H3;1-2,4-5,20-21H,16H2,(H,22,23);/b2*15-10-;13-8-;12-7-;. The number of phenolic OH excluding ortho intramolecular Hbond substituents is 4. The van der Waals surface area contributed by atoms with Crippen LogP contribution in [0.1, 0.15) is 87.0 Å². The van der Waals surface area contributed by atoms with E-state index in [-0.39, 0.29) is 135 Å². The number of aliphatic hydroxyl groups excluding tert-OH is 1. The Morgan fingerprint density at radius 2 is 0.673 bits per heavy atom. The molecule has 4 aromatic carbocycles. The number of esters is 3. The first kappa shape index (κ1) is 91.0. The van der Waals surface area contributed by atoms with E-state index < -0.39 is 92.8 Å². The van der Waals surface area contributed by atoms with E-state index in [2.05, 4.69) is 54.1 Å². The largest absolute Gasteiger partial charge is 0.504 e. The molecule has 0 aliphatic rings. The van der Waals surface area contributed by atoms with Crippen molar-refractivity contribution in [2.75, 3.05) is 49.8 Å². The number of ether oxygens (including phenoxy) is 7. The number of aromatic nitrogens is 8. The number of aromatic carboxylic acids is 1. The Morgan fingerprint density at radius 1 is 0.407 bits per heavy atom. The Labute approximate surface area is 660 Å². The van der Waals surface area contributed by atoms with Gasteiger partial charge in [-0.05, 0) is 24.3 Å². The van der Waals surface area contributed by atoms with Gasteiger partial charge in [0.1, 0.15) is 69.5 Å². The number of nitrogens with zero attached hydrogens (tertiary/aromatic N) is 16. The van der Waals surface area contributed by atoms with Crippen molar-refractivity contribution in [3.63, 3.8) is 0 Å². The van der Waals surface area contributed by atoms with Crippen molar-refractivity contribution in [1.82, 2.24) is 39.9 Å². The fraction of sp³-hybridized carbons (Fsp3) is 0.111. The number of aliphatic hydroxyl groups is 1. The summed E-state index contributed by atoms with van der Waals surface area (Å²) in [4.78, 5) is 117. The summed E-state index contributed by atoms with van der Waals surface area (Å²) in [5.74, 6) is -7.64. The molecule has 0 aliphatic heterocycles. The average Bonchev–Trinajstić information content (AvgIpc) is 0.801. The Balaban J connectivity index is 0.000000310. The van der Waals surface area contributed by atoms with Gasteiger partial charge in [-0.1, -0.05) is 11.6 Å². The number of carboxylic acid groups (broad SMARTS) is 1. The van der Waals surface area contributed by atoms with Crippen LogP contribution in [-0.2, 0) is 14.2 Å². The molecular formula is C63H47Cl6N18O25P. The smallest absolute Gasteiger partial charge is 0.356 e. The molecule has 0 unspecified atom stereocenters. The minimum absolute atomic E-state index is 0.00660. The number of methoxy groups -OCH3 is 7. The number of carbonyl (C=O) groups excluding carboxylic acids is 3. The normalized spacial score (nSPS) is 11.6. The summed E-state index contributed by atoms with van der Waals surface area (Å²) in [5.41, 5.74) is 7.10. The van der Waals surface area contributed by atoms with Gasteiger partial charge in [0.25, 0.3) is 0 Å². The SMILES string of the molecule is COC(=O)c1cnc(/C(C#N)=C(\Cl)c2cc(OC)c(OC)c([N+](=O)[O-])c2)cn1.COC(=O)c1cnc(/C(C#N)=C(\N)c2cc(O)c(O)c([N+](=O)[O-])c2)cn1.COC(=O)c1cnc(/C(C#N)=C(\O)c2cc(OC)c(OC)c([N+](=O)[O-])c2)cn1.ClP(Cl)(Cl)(Cl)Cl.N#C/C(=C(/N)c1cc(O)c(O)c([N+](=O)[O-])c1)c1cnc(C(=O)O)cn1. The third kappa shape index (κ3) is 24.3. The van der Waals surface area contributed by atoms with Crippen molar-refractivity contribution in [2.45, 2.75) is 0 Å². The molecule has 10 N–H and O–H groups in total. The van der Waals surface area contributed by atoms with Crippen LogP contribution >= 0.6 is 71.2 Å². The van der Waals surface area contributed by atoms with Crippen LogP contribution in [0.4, 0.5) is 22.7 Å². The number of nitro groups is 4. The number of hydrogen-bond donors (Lipinski definition) is 8. The summed E-state index contributed by atoms with van der Waals surface area (Å²) in [5, 5.41) is 139. The summed E-state index contributed by atoms with van der Waals surface area (Å²) in [6.45, 7) is 0. The second-order valence-corrected chi connectivity index (χ2v) is 37.2. The molecule has 50 heteroatoms. The molecule has 4 aromatic heterocycles. The summed E-state index contributed by atoms with van der Waals surface area (Å²) in [7, 11) is 8.62. The van der Waals surface area contributed by atoms with Gasteiger partial charge in [0.05, 0.1) is 141 Å². The molecule has 0 saturated carbocycles. The number of phenols is 4. The molecule has 43 nitrogen and oxygen atoms in total. The molecule has 0 spiro atoms. The van der Waals surface area contributed by atoms with Crippen LogP contribution < -0.4 is 30.4 Å². The molecule has 0 aliphatic carbocycles. The second-order valence-electron chi connectivity index (χ2n) is 20.2. The molecule has 0 atom stereocenters.